The molecule has 5 aliphatic carbocycles. The fourth-order valence-electron chi connectivity index (χ4n) is 15.2. The number of carboxylic acids is 1. The van der Waals surface area contributed by atoms with Crippen molar-refractivity contribution < 1.29 is 28.6 Å². The number of allylic oxidation sites excluding steroid dienone is 1. The lowest BCUT2D eigenvalue weighted by Gasteiger charge is -2.73. The molecule has 0 radical (unpaired) electrons. The summed E-state index contributed by atoms with van der Waals surface area (Å²) >= 11 is 0. The number of aromatic nitrogens is 2. The Balaban J connectivity index is 1.06. The number of halogens is 1. The number of fused-ring (bicyclic) bond motifs is 7. The van der Waals surface area contributed by atoms with E-state index < -0.39 is 22.8 Å². The molecule has 8 nitrogen and oxygen atoms in total. The van der Waals surface area contributed by atoms with Crippen LogP contribution in [0.5, 0.6) is 0 Å². The molecule has 8 rings (SSSR count). The third-order valence-electron chi connectivity index (χ3n) is 18.4. The molecule has 2 aromatic rings. The predicted octanol–water partition coefficient (Wildman–Crippen LogP) is 10.9. The van der Waals surface area contributed by atoms with Crippen molar-refractivity contribution in [3.05, 3.63) is 54.3 Å². The zero-order chi connectivity index (χ0) is 41.8. The number of ether oxygens (including phenoxy) is 1. The summed E-state index contributed by atoms with van der Waals surface area (Å²) in [7, 11) is 0. The molecule has 1 aromatic carbocycles. The van der Waals surface area contributed by atoms with E-state index in [1.165, 1.54) is 17.7 Å². The average Bonchev–Trinajstić information content (AvgIpc) is 3.92. The summed E-state index contributed by atoms with van der Waals surface area (Å²) in [6, 6.07) is 6.45. The molecular formula is C49H68FN3O5. The normalized spacial score (nSPS) is 39.2. The molecule has 316 valence electrons. The van der Waals surface area contributed by atoms with Crippen molar-refractivity contribution >= 4 is 17.8 Å². The first-order valence-electron chi connectivity index (χ1n) is 22.4. The van der Waals surface area contributed by atoms with E-state index in [1.807, 2.05) is 6.07 Å². The highest BCUT2D eigenvalue weighted by Crippen LogP contribution is 2.78. The number of esters is 1. The molecule has 9 heteroatoms. The summed E-state index contributed by atoms with van der Waals surface area (Å²) in [5.41, 5.74) is 1.17. The van der Waals surface area contributed by atoms with Crippen LogP contribution in [-0.4, -0.2) is 50.5 Å². The Morgan fingerprint density at radius 2 is 1.72 bits per heavy atom. The number of H-pyrrole nitrogens is 1. The van der Waals surface area contributed by atoms with Crippen molar-refractivity contribution in [1.29, 1.82) is 0 Å². The van der Waals surface area contributed by atoms with E-state index in [9.17, 15) is 19.1 Å². The molecule has 58 heavy (non-hydrogen) atoms. The van der Waals surface area contributed by atoms with Crippen LogP contribution in [-0.2, 0) is 19.1 Å². The van der Waals surface area contributed by atoms with E-state index in [-0.39, 0.29) is 52.0 Å². The lowest BCUT2D eigenvalue weighted by molar-refractivity contribution is -0.250. The smallest absolute Gasteiger partial charge is 0.309 e. The monoisotopic (exact) mass is 798 g/mol. The first-order valence-corrected chi connectivity index (χ1v) is 22.4. The van der Waals surface area contributed by atoms with E-state index in [0.29, 0.717) is 29.6 Å². The molecular weight excluding hydrogens is 730 g/mol. The van der Waals surface area contributed by atoms with Crippen LogP contribution in [0.2, 0.25) is 0 Å². The highest BCUT2D eigenvalue weighted by molar-refractivity contribution is 5.85. The van der Waals surface area contributed by atoms with Crippen molar-refractivity contribution in [2.24, 2.45) is 62.1 Å². The van der Waals surface area contributed by atoms with Crippen molar-refractivity contribution in [1.82, 2.24) is 14.9 Å². The van der Waals surface area contributed by atoms with Gasteiger partial charge < -0.3 is 19.7 Å². The quantitative estimate of drug-likeness (QED) is 0.203. The maximum atomic E-state index is 15.5. The largest absolute Gasteiger partial charge is 0.481 e. The van der Waals surface area contributed by atoms with Gasteiger partial charge in [0.05, 0.1) is 35.2 Å². The van der Waals surface area contributed by atoms with Crippen LogP contribution in [0.1, 0.15) is 151 Å². The summed E-state index contributed by atoms with van der Waals surface area (Å²) < 4.78 is 20.3. The van der Waals surface area contributed by atoms with Gasteiger partial charge in [-0.2, -0.15) is 0 Å². The van der Waals surface area contributed by atoms with E-state index in [2.05, 4.69) is 58.0 Å². The zero-order valence-electron chi connectivity index (χ0n) is 36.4. The predicted molar refractivity (Wildman–Crippen MR) is 223 cm³/mol. The number of nitrogens with zero attached hydrogens (tertiary/aromatic N) is 2. The van der Waals surface area contributed by atoms with Gasteiger partial charge >= 0.3 is 11.9 Å². The number of carboxylic acid groups (broad SMARTS) is 1. The number of imidazole rings is 1. The topological polar surface area (TPSA) is 113 Å². The second kappa shape index (κ2) is 14.0. The average molecular weight is 798 g/mol. The van der Waals surface area contributed by atoms with Gasteiger partial charge in [0.1, 0.15) is 17.7 Å². The summed E-state index contributed by atoms with van der Waals surface area (Å²) in [5.74, 6) is 1.32. The zero-order valence-corrected chi connectivity index (χ0v) is 36.4. The van der Waals surface area contributed by atoms with Crippen molar-refractivity contribution in [2.75, 3.05) is 6.54 Å². The molecule has 1 saturated heterocycles. The van der Waals surface area contributed by atoms with E-state index in [1.54, 1.807) is 26.1 Å². The van der Waals surface area contributed by atoms with E-state index in [4.69, 9.17) is 9.72 Å². The minimum Gasteiger partial charge on any atom is -0.481 e. The fraction of sp³-hybridized carbons (Fsp3) is 0.714. The fourth-order valence-corrected chi connectivity index (χ4v) is 15.2. The third-order valence-corrected chi connectivity index (χ3v) is 18.4. The molecule has 6 aliphatic rings. The Morgan fingerprint density at radius 1 is 0.966 bits per heavy atom. The Bertz CT molecular complexity index is 1990. The molecule has 1 aliphatic heterocycles. The number of likely N-dealkylation sites (tertiary alicyclic amines) is 1. The summed E-state index contributed by atoms with van der Waals surface area (Å²) in [6.07, 6.45) is 13.3. The van der Waals surface area contributed by atoms with Gasteiger partial charge in [-0.1, -0.05) is 58.9 Å². The number of benzene rings is 1. The van der Waals surface area contributed by atoms with Gasteiger partial charge in [0.25, 0.3) is 0 Å². The first-order chi connectivity index (χ1) is 27.2. The van der Waals surface area contributed by atoms with Gasteiger partial charge in [0, 0.05) is 17.5 Å². The molecule has 5 saturated carbocycles. The van der Waals surface area contributed by atoms with Crippen LogP contribution in [0.3, 0.4) is 0 Å². The number of amides is 1. The number of carbonyl (C=O) groups is 3. The number of nitrogens with one attached hydrogen (secondary N) is 1. The van der Waals surface area contributed by atoms with Crippen LogP contribution in [0.25, 0.3) is 11.3 Å². The molecule has 2 N–H and O–H groups in total. The number of carbonyl (C=O) groups excluding carboxylic acids is 2. The van der Waals surface area contributed by atoms with Gasteiger partial charge in [-0.3, -0.25) is 14.4 Å². The summed E-state index contributed by atoms with van der Waals surface area (Å²) in [5, 5.41) is 9.66. The molecule has 11 atom stereocenters. The van der Waals surface area contributed by atoms with Crippen LogP contribution >= 0.6 is 0 Å². The van der Waals surface area contributed by atoms with Gasteiger partial charge in [-0.05, 0) is 156 Å². The molecule has 3 unspecified atom stereocenters. The molecule has 0 bridgehead atoms. The summed E-state index contributed by atoms with van der Waals surface area (Å²) in [4.78, 5) is 50.9. The Morgan fingerprint density at radius 3 is 2.43 bits per heavy atom. The summed E-state index contributed by atoms with van der Waals surface area (Å²) in [6.45, 7) is 23.0. The van der Waals surface area contributed by atoms with Gasteiger partial charge in [-0.15, -0.1) is 0 Å². The van der Waals surface area contributed by atoms with Crippen LogP contribution in [0.4, 0.5) is 4.39 Å². The standard InChI is InChI=1S/C49H68FN3O5/c1-29(2)32-17-22-49(42(55)53-25-11-14-35(53)41-51-28-34(52-41)30-12-10-13-31(50)26-30)24-23-47(8)33(40(32)49)15-16-37-46(7)20-19-38(58-39(54)27-44(3,4)43(56)57)45(5,6)36(46)18-21-48(37,47)9/h10,12-13,26,28,32-33,35-38,40H,1,11,14-25,27H2,2-9H3,(H,51,52)(H,56,57)/t32-,33+,35-,36?,37?,38-,40?,46-,47+,48+,49-/m0/s1. The third kappa shape index (κ3) is 6.07. The number of rotatable bonds is 8. The van der Waals surface area contributed by atoms with E-state index in [0.717, 1.165) is 101 Å². The minimum atomic E-state index is -1.17. The van der Waals surface area contributed by atoms with Gasteiger partial charge in [-0.25, -0.2) is 9.37 Å². The van der Waals surface area contributed by atoms with Crippen molar-refractivity contribution in [3.8, 4) is 11.3 Å². The van der Waals surface area contributed by atoms with Crippen LogP contribution < -0.4 is 0 Å². The number of aromatic amines is 1. The van der Waals surface area contributed by atoms with Gasteiger partial charge in [0.2, 0.25) is 5.91 Å². The Hall–Kier alpha value is -3.49. The van der Waals surface area contributed by atoms with Crippen molar-refractivity contribution in [3.63, 3.8) is 0 Å². The van der Waals surface area contributed by atoms with Crippen LogP contribution in [0.15, 0.2) is 42.6 Å². The molecule has 6 fully saturated rings. The maximum Gasteiger partial charge on any atom is 0.309 e. The highest BCUT2D eigenvalue weighted by Gasteiger charge is 2.72. The van der Waals surface area contributed by atoms with Crippen LogP contribution in [0, 0.1) is 67.9 Å². The molecule has 1 aromatic heterocycles. The number of aliphatic carboxylic acids is 1. The highest BCUT2D eigenvalue weighted by atomic mass is 19.1. The second-order valence-electron chi connectivity index (χ2n) is 21.9. The Labute approximate surface area is 345 Å². The molecule has 2 heterocycles. The van der Waals surface area contributed by atoms with Crippen molar-refractivity contribution in [2.45, 2.75) is 151 Å². The minimum absolute atomic E-state index is 0.0670. The molecule has 1 amide bonds. The maximum absolute atomic E-state index is 15.5. The lowest BCUT2D eigenvalue weighted by Crippen LogP contribution is -2.67. The number of hydrogen-bond acceptors (Lipinski definition) is 5. The first kappa shape index (κ1) is 41.3. The van der Waals surface area contributed by atoms with E-state index >= 15 is 4.79 Å². The second-order valence-corrected chi connectivity index (χ2v) is 21.9. The number of hydrogen-bond donors (Lipinski definition) is 2. The van der Waals surface area contributed by atoms with Gasteiger partial charge in [0.15, 0.2) is 0 Å². The molecule has 0 spiro atoms. The Kier molecular flexibility index (Phi) is 9.99. The SMILES string of the molecule is C=C(C)[C@@H]1CC[C@]2(C(=O)N3CCC[C@H]3c3ncc(-c4cccc(F)c4)[nH]3)CC[C@]3(C)[C@H](CCC4[C@@]5(C)CC[C@H](OC(=O)CC(C)(C)C(=O)O)C(C)(C)C5CC[C@]43C)C12. The lowest BCUT2D eigenvalue weighted by atomic mass is 9.32.